The Morgan fingerprint density at radius 1 is 1.11 bits per heavy atom. The SMILES string of the molecule is C[C@@H](Cc1ccc(F)cc1)C(=O)Nc1ncnn2c([C@]3(C#N)O[C@H](COC(=O)CC4(C)CCCCC4)[C@H]4OC(C)(C)O[C@H]43)ccc12. The molecule has 0 spiro atoms. The van der Waals surface area contributed by atoms with Crippen LogP contribution in [0.2, 0.25) is 0 Å². The monoisotopic (exact) mass is 633 g/mol. The highest BCUT2D eigenvalue weighted by Gasteiger charge is 2.65. The standard InChI is InChI=1S/C34H40FN5O6/c1-21(16-22-8-10-23(35)11-9-22)31(42)39-30-24-12-13-26(40(24)38-20-37-30)34(19-36)29-28(45-32(2,3)46-29)25(44-34)18-43-27(41)17-33(4)14-6-5-7-15-33/h8-13,20-21,25,28-29H,5-7,14-18H2,1-4H3,(H,37,38,39,42)/t21-,25+,28+,29+,34-/m0/s1. The number of benzene rings is 1. The molecule has 12 heteroatoms. The number of nitrogens with one attached hydrogen (secondary N) is 1. The summed E-state index contributed by atoms with van der Waals surface area (Å²) >= 11 is 0. The van der Waals surface area contributed by atoms with Crippen molar-refractivity contribution in [2.24, 2.45) is 11.3 Å². The zero-order valence-electron chi connectivity index (χ0n) is 26.6. The Kier molecular flexibility index (Phi) is 8.61. The normalized spacial score (nSPS) is 27.1. The Labute approximate surface area is 267 Å². The molecule has 1 N–H and O–H groups in total. The van der Waals surface area contributed by atoms with Gasteiger partial charge in [0.15, 0.2) is 11.6 Å². The van der Waals surface area contributed by atoms with Crippen LogP contribution in [-0.2, 0) is 40.6 Å². The first-order valence-electron chi connectivity index (χ1n) is 15.9. The van der Waals surface area contributed by atoms with Crippen LogP contribution in [0.3, 0.4) is 0 Å². The van der Waals surface area contributed by atoms with E-state index in [0.29, 0.717) is 24.1 Å². The van der Waals surface area contributed by atoms with Crippen LogP contribution in [0.25, 0.3) is 5.52 Å². The van der Waals surface area contributed by atoms with E-state index in [1.54, 1.807) is 45.0 Å². The Balaban J connectivity index is 1.22. The fourth-order valence-corrected chi connectivity index (χ4v) is 7.00. The summed E-state index contributed by atoms with van der Waals surface area (Å²) in [5.74, 6) is -2.11. The molecule has 2 aromatic heterocycles. The van der Waals surface area contributed by atoms with Crippen LogP contribution in [0.4, 0.5) is 10.2 Å². The number of ether oxygens (including phenoxy) is 4. The van der Waals surface area contributed by atoms with E-state index >= 15 is 0 Å². The number of hydrogen-bond donors (Lipinski definition) is 1. The molecule has 4 heterocycles. The lowest BCUT2D eigenvalue weighted by Crippen LogP contribution is -2.40. The minimum Gasteiger partial charge on any atom is -0.463 e. The lowest BCUT2D eigenvalue weighted by molar-refractivity contribution is -0.207. The molecule has 3 fully saturated rings. The largest absolute Gasteiger partial charge is 0.463 e. The highest BCUT2D eigenvalue weighted by Crippen LogP contribution is 2.49. The summed E-state index contributed by atoms with van der Waals surface area (Å²) in [6.07, 6.45) is 5.12. The number of rotatable bonds is 9. The number of anilines is 1. The minimum absolute atomic E-state index is 0.0732. The molecular weight excluding hydrogens is 593 g/mol. The molecule has 3 aromatic rings. The zero-order chi connectivity index (χ0) is 32.7. The fraction of sp³-hybridized carbons (Fsp3) is 0.559. The predicted molar refractivity (Wildman–Crippen MR) is 164 cm³/mol. The van der Waals surface area contributed by atoms with E-state index < -0.39 is 35.6 Å². The average Bonchev–Trinajstić information content (AvgIpc) is 3.68. The van der Waals surface area contributed by atoms with E-state index in [4.69, 9.17) is 18.9 Å². The van der Waals surface area contributed by atoms with Gasteiger partial charge in [0.2, 0.25) is 11.5 Å². The molecule has 46 heavy (non-hydrogen) atoms. The van der Waals surface area contributed by atoms with Crippen molar-refractivity contribution in [1.29, 1.82) is 5.26 Å². The second kappa shape index (κ2) is 12.4. The van der Waals surface area contributed by atoms with Crippen LogP contribution in [0, 0.1) is 28.5 Å². The van der Waals surface area contributed by atoms with E-state index in [0.717, 1.165) is 31.2 Å². The molecule has 0 bridgehead atoms. The molecule has 1 aromatic carbocycles. The van der Waals surface area contributed by atoms with Gasteiger partial charge in [-0.3, -0.25) is 9.59 Å². The third kappa shape index (κ3) is 6.24. The van der Waals surface area contributed by atoms with Crippen molar-refractivity contribution in [3.8, 4) is 6.07 Å². The first kappa shape index (κ1) is 32.0. The number of esters is 1. The van der Waals surface area contributed by atoms with E-state index in [1.165, 1.54) is 29.4 Å². The van der Waals surface area contributed by atoms with Gasteiger partial charge in [-0.25, -0.2) is 13.9 Å². The van der Waals surface area contributed by atoms with Crippen molar-refractivity contribution in [3.05, 3.63) is 59.8 Å². The number of halogens is 1. The number of fused-ring (bicyclic) bond motifs is 2. The van der Waals surface area contributed by atoms with Gasteiger partial charge in [-0.2, -0.15) is 10.4 Å². The summed E-state index contributed by atoms with van der Waals surface area (Å²) in [7, 11) is 0. The average molecular weight is 634 g/mol. The highest BCUT2D eigenvalue weighted by atomic mass is 19.1. The molecule has 244 valence electrons. The second-order valence-electron chi connectivity index (χ2n) is 13.6. The van der Waals surface area contributed by atoms with Crippen LogP contribution >= 0.6 is 0 Å². The molecule has 0 radical (unpaired) electrons. The van der Waals surface area contributed by atoms with Gasteiger partial charge in [0.25, 0.3) is 0 Å². The Bertz CT molecular complexity index is 1650. The molecule has 1 saturated carbocycles. The van der Waals surface area contributed by atoms with Crippen LogP contribution in [-0.4, -0.2) is 57.2 Å². The number of carbonyl (C=O) groups is 2. The maximum Gasteiger partial charge on any atom is 0.306 e. The molecule has 1 aliphatic carbocycles. The maximum absolute atomic E-state index is 13.3. The first-order chi connectivity index (χ1) is 21.9. The van der Waals surface area contributed by atoms with Gasteiger partial charge >= 0.3 is 5.97 Å². The van der Waals surface area contributed by atoms with Crippen LogP contribution in [0.5, 0.6) is 0 Å². The van der Waals surface area contributed by atoms with E-state index in [-0.39, 0.29) is 35.5 Å². The molecular formula is C34H40FN5O6. The number of nitriles is 1. The van der Waals surface area contributed by atoms with Crippen molar-refractivity contribution in [2.45, 2.75) is 102 Å². The topological polar surface area (TPSA) is 137 Å². The van der Waals surface area contributed by atoms with E-state index in [1.807, 2.05) is 0 Å². The van der Waals surface area contributed by atoms with Gasteiger partial charge in [-0.1, -0.05) is 45.2 Å². The van der Waals surface area contributed by atoms with Crippen LogP contribution in [0.15, 0.2) is 42.7 Å². The zero-order valence-corrected chi connectivity index (χ0v) is 26.6. The van der Waals surface area contributed by atoms with Gasteiger partial charge in [0.1, 0.15) is 48.6 Å². The summed E-state index contributed by atoms with van der Waals surface area (Å²) in [4.78, 5) is 30.4. The molecule has 0 unspecified atom stereocenters. The Morgan fingerprint density at radius 2 is 1.85 bits per heavy atom. The van der Waals surface area contributed by atoms with Gasteiger partial charge in [0, 0.05) is 5.92 Å². The number of hydrogen-bond acceptors (Lipinski definition) is 9. The van der Waals surface area contributed by atoms with Crippen molar-refractivity contribution in [2.75, 3.05) is 11.9 Å². The molecule has 1 amide bonds. The third-order valence-corrected chi connectivity index (χ3v) is 9.42. The smallest absolute Gasteiger partial charge is 0.306 e. The summed E-state index contributed by atoms with van der Waals surface area (Å²) in [6, 6.07) is 11.7. The molecule has 3 aliphatic rings. The fourth-order valence-electron chi connectivity index (χ4n) is 7.00. The van der Waals surface area contributed by atoms with Gasteiger partial charge < -0.3 is 24.3 Å². The predicted octanol–water partition coefficient (Wildman–Crippen LogP) is 5.23. The first-order valence-corrected chi connectivity index (χ1v) is 15.9. The van der Waals surface area contributed by atoms with Crippen molar-refractivity contribution in [1.82, 2.24) is 14.6 Å². The minimum atomic E-state index is -1.66. The van der Waals surface area contributed by atoms with Crippen LogP contribution < -0.4 is 5.32 Å². The van der Waals surface area contributed by atoms with Crippen molar-refractivity contribution >= 4 is 23.2 Å². The van der Waals surface area contributed by atoms with Gasteiger partial charge in [-0.05, 0) is 68.4 Å². The number of aromatic nitrogens is 3. The highest BCUT2D eigenvalue weighted by molar-refractivity contribution is 5.95. The third-order valence-electron chi connectivity index (χ3n) is 9.42. The van der Waals surface area contributed by atoms with Crippen LogP contribution in [0.1, 0.15) is 77.5 Å². The van der Waals surface area contributed by atoms with Gasteiger partial charge in [0.05, 0.1) is 12.1 Å². The summed E-state index contributed by atoms with van der Waals surface area (Å²) < 4.78 is 39.4. The molecule has 6 rings (SSSR count). The summed E-state index contributed by atoms with van der Waals surface area (Å²) in [5.41, 5.74) is -0.0970. The van der Waals surface area contributed by atoms with Crippen molar-refractivity contribution in [3.63, 3.8) is 0 Å². The molecule has 11 nitrogen and oxygen atoms in total. The number of nitrogens with zero attached hydrogens (tertiary/aromatic N) is 4. The second-order valence-corrected chi connectivity index (χ2v) is 13.6. The molecule has 2 aliphatic heterocycles. The quantitative estimate of drug-likeness (QED) is 0.314. The number of amides is 1. The summed E-state index contributed by atoms with van der Waals surface area (Å²) in [5, 5.41) is 17.9. The Hall–Kier alpha value is -3.92. The lowest BCUT2D eigenvalue weighted by Gasteiger charge is -2.32. The Morgan fingerprint density at radius 3 is 2.57 bits per heavy atom. The molecule has 2 saturated heterocycles. The van der Waals surface area contributed by atoms with Crippen molar-refractivity contribution < 1.29 is 32.9 Å². The molecule has 5 atom stereocenters. The van der Waals surface area contributed by atoms with Gasteiger partial charge in [-0.15, -0.1) is 0 Å². The summed E-state index contributed by atoms with van der Waals surface area (Å²) in [6.45, 7) is 7.35. The maximum atomic E-state index is 13.3. The van der Waals surface area contributed by atoms with E-state index in [2.05, 4.69) is 28.4 Å². The van der Waals surface area contributed by atoms with E-state index in [9.17, 15) is 19.2 Å². The number of carbonyl (C=O) groups excluding carboxylic acids is 2. The lowest BCUT2D eigenvalue weighted by atomic mass is 9.73.